The molecule has 0 aliphatic heterocycles. The molecule has 2 amide bonds. The first-order valence-corrected chi connectivity index (χ1v) is 7.22. The Morgan fingerprint density at radius 1 is 1.33 bits per heavy atom. The number of allylic oxidation sites excluding steroid dienone is 1. The molecule has 1 aromatic rings. The average molecular weight is 287 g/mol. The molecule has 0 saturated carbocycles. The van der Waals surface area contributed by atoms with E-state index in [2.05, 4.69) is 16.4 Å². The van der Waals surface area contributed by atoms with Crippen LogP contribution in [0.1, 0.15) is 42.6 Å². The lowest BCUT2D eigenvalue weighted by molar-refractivity contribution is -0.115. The minimum Gasteiger partial charge on any atom is -0.343 e. The van der Waals surface area contributed by atoms with Crippen LogP contribution < -0.4 is 5.32 Å². The summed E-state index contributed by atoms with van der Waals surface area (Å²) < 4.78 is 0. The summed E-state index contributed by atoms with van der Waals surface area (Å²) in [4.78, 5) is 29.4. The van der Waals surface area contributed by atoms with Crippen LogP contribution >= 0.6 is 0 Å². The number of anilines is 1. The van der Waals surface area contributed by atoms with Gasteiger partial charge in [-0.3, -0.25) is 14.6 Å². The summed E-state index contributed by atoms with van der Waals surface area (Å²) in [7, 11) is 3.34. The Labute approximate surface area is 125 Å². The molecule has 0 atom stereocenters. The summed E-state index contributed by atoms with van der Waals surface area (Å²) in [6.07, 6.45) is 8.58. The normalized spacial score (nSPS) is 14.3. The maximum absolute atomic E-state index is 12.0. The molecule has 0 radical (unpaired) electrons. The Bertz CT molecular complexity index is 564. The highest BCUT2D eigenvalue weighted by Gasteiger charge is 2.12. The summed E-state index contributed by atoms with van der Waals surface area (Å²) in [5, 5.41) is 2.83. The number of pyridine rings is 1. The van der Waals surface area contributed by atoms with Gasteiger partial charge in [-0.1, -0.05) is 11.6 Å². The molecular formula is C16H21N3O2. The summed E-state index contributed by atoms with van der Waals surface area (Å²) in [6, 6.07) is 3.30. The minimum absolute atomic E-state index is 0.0439. The molecule has 1 aliphatic carbocycles. The number of hydrogen-bond donors (Lipinski definition) is 1. The van der Waals surface area contributed by atoms with Crippen molar-refractivity contribution in [3.8, 4) is 0 Å². The third-order valence-corrected chi connectivity index (χ3v) is 3.44. The van der Waals surface area contributed by atoms with Crippen LogP contribution in [-0.4, -0.2) is 35.8 Å². The number of carbonyl (C=O) groups is 2. The van der Waals surface area contributed by atoms with Crippen molar-refractivity contribution < 1.29 is 9.59 Å². The second-order valence-electron chi connectivity index (χ2n) is 5.46. The largest absolute Gasteiger partial charge is 0.343 e. The monoisotopic (exact) mass is 287 g/mol. The molecule has 112 valence electrons. The van der Waals surface area contributed by atoms with Gasteiger partial charge in [-0.05, 0) is 37.8 Å². The van der Waals surface area contributed by atoms with Crippen molar-refractivity contribution in [3.63, 3.8) is 0 Å². The Morgan fingerprint density at radius 2 is 2.14 bits per heavy atom. The van der Waals surface area contributed by atoms with Gasteiger partial charge in [0.1, 0.15) is 5.69 Å². The molecule has 0 spiro atoms. The lowest BCUT2D eigenvalue weighted by Crippen LogP contribution is -2.23. The van der Waals surface area contributed by atoms with E-state index in [1.807, 2.05) is 0 Å². The highest BCUT2D eigenvalue weighted by Crippen LogP contribution is 2.20. The van der Waals surface area contributed by atoms with E-state index in [1.165, 1.54) is 23.1 Å². The standard InChI is InChI=1S/C16H21N3O2/c1-19(2)16(21)14-11-13(8-9-17-14)18-15(20)10-12-6-4-3-5-7-12/h6,8-9,11H,3-5,7,10H2,1-2H3,(H,17,18,20). The van der Waals surface area contributed by atoms with Crippen LogP contribution in [0, 0.1) is 0 Å². The second-order valence-corrected chi connectivity index (χ2v) is 5.46. The zero-order chi connectivity index (χ0) is 15.2. The van der Waals surface area contributed by atoms with Crippen molar-refractivity contribution in [3.05, 3.63) is 35.7 Å². The molecular weight excluding hydrogens is 266 g/mol. The summed E-state index contributed by atoms with van der Waals surface area (Å²) in [6.45, 7) is 0. The number of aromatic nitrogens is 1. The Kier molecular flexibility index (Phi) is 5.09. The maximum Gasteiger partial charge on any atom is 0.272 e. The van der Waals surface area contributed by atoms with Crippen molar-refractivity contribution in [1.82, 2.24) is 9.88 Å². The molecule has 2 rings (SSSR count). The third kappa shape index (κ3) is 4.41. The number of nitrogens with zero attached hydrogens (tertiary/aromatic N) is 2. The van der Waals surface area contributed by atoms with Crippen molar-refractivity contribution in [1.29, 1.82) is 0 Å². The van der Waals surface area contributed by atoms with Crippen LogP contribution in [-0.2, 0) is 4.79 Å². The van der Waals surface area contributed by atoms with Crippen LogP contribution in [0.2, 0.25) is 0 Å². The van der Waals surface area contributed by atoms with Crippen LogP contribution in [0.5, 0.6) is 0 Å². The molecule has 0 fully saturated rings. The fourth-order valence-corrected chi connectivity index (χ4v) is 2.33. The zero-order valence-corrected chi connectivity index (χ0v) is 12.6. The average Bonchev–Trinajstić information content (AvgIpc) is 2.47. The highest BCUT2D eigenvalue weighted by molar-refractivity contribution is 5.96. The van der Waals surface area contributed by atoms with Gasteiger partial charge in [0.2, 0.25) is 5.91 Å². The number of nitrogens with one attached hydrogen (secondary N) is 1. The molecule has 1 N–H and O–H groups in total. The van der Waals surface area contributed by atoms with E-state index < -0.39 is 0 Å². The predicted octanol–water partition coefficient (Wildman–Crippen LogP) is 2.61. The Morgan fingerprint density at radius 3 is 2.81 bits per heavy atom. The van der Waals surface area contributed by atoms with Gasteiger partial charge in [-0.25, -0.2) is 0 Å². The van der Waals surface area contributed by atoms with E-state index in [4.69, 9.17) is 0 Å². The topological polar surface area (TPSA) is 62.3 Å². The number of amides is 2. The molecule has 1 aliphatic rings. The lowest BCUT2D eigenvalue weighted by Gasteiger charge is -2.13. The van der Waals surface area contributed by atoms with Crippen LogP contribution in [0.4, 0.5) is 5.69 Å². The maximum atomic E-state index is 12.0. The fourth-order valence-electron chi connectivity index (χ4n) is 2.33. The molecule has 0 unspecified atom stereocenters. The van der Waals surface area contributed by atoms with Gasteiger partial charge in [0.15, 0.2) is 0 Å². The van der Waals surface area contributed by atoms with Gasteiger partial charge in [0, 0.05) is 32.4 Å². The second kappa shape index (κ2) is 7.02. The molecule has 1 aromatic heterocycles. The predicted molar refractivity (Wildman–Crippen MR) is 82.1 cm³/mol. The molecule has 0 aromatic carbocycles. The van der Waals surface area contributed by atoms with Crippen LogP contribution in [0.15, 0.2) is 30.0 Å². The fraction of sp³-hybridized carbons (Fsp3) is 0.438. The SMILES string of the molecule is CN(C)C(=O)c1cc(NC(=O)CC2=CCCCC2)ccn1. The number of carbonyl (C=O) groups excluding carboxylic acids is 2. The molecule has 21 heavy (non-hydrogen) atoms. The van der Waals surface area contributed by atoms with Crippen molar-refractivity contribution in [2.45, 2.75) is 32.1 Å². The van der Waals surface area contributed by atoms with E-state index in [0.29, 0.717) is 17.8 Å². The van der Waals surface area contributed by atoms with Gasteiger partial charge in [-0.15, -0.1) is 0 Å². The molecule has 1 heterocycles. The van der Waals surface area contributed by atoms with Gasteiger partial charge < -0.3 is 10.2 Å². The first kappa shape index (κ1) is 15.2. The Hall–Kier alpha value is -2.17. The van der Waals surface area contributed by atoms with Gasteiger partial charge in [-0.2, -0.15) is 0 Å². The van der Waals surface area contributed by atoms with E-state index in [-0.39, 0.29) is 11.8 Å². The zero-order valence-electron chi connectivity index (χ0n) is 12.6. The lowest BCUT2D eigenvalue weighted by atomic mass is 9.97. The Balaban J connectivity index is 1.99. The molecule has 5 heteroatoms. The molecule has 0 saturated heterocycles. The van der Waals surface area contributed by atoms with Crippen molar-refractivity contribution in [2.24, 2.45) is 0 Å². The van der Waals surface area contributed by atoms with E-state index >= 15 is 0 Å². The summed E-state index contributed by atoms with van der Waals surface area (Å²) in [5.41, 5.74) is 2.14. The van der Waals surface area contributed by atoms with Gasteiger partial charge >= 0.3 is 0 Å². The number of rotatable bonds is 4. The van der Waals surface area contributed by atoms with Crippen LogP contribution in [0.25, 0.3) is 0 Å². The van der Waals surface area contributed by atoms with E-state index in [0.717, 1.165) is 19.3 Å². The first-order chi connectivity index (χ1) is 10.1. The third-order valence-electron chi connectivity index (χ3n) is 3.44. The summed E-state index contributed by atoms with van der Waals surface area (Å²) >= 11 is 0. The number of hydrogen-bond acceptors (Lipinski definition) is 3. The van der Waals surface area contributed by atoms with Crippen LogP contribution in [0.3, 0.4) is 0 Å². The first-order valence-electron chi connectivity index (χ1n) is 7.22. The van der Waals surface area contributed by atoms with Crippen molar-refractivity contribution in [2.75, 3.05) is 19.4 Å². The highest BCUT2D eigenvalue weighted by atomic mass is 16.2. The smallest absolute Gasteiger partial charge is 0.272 e. The summed E-state index contributed by atoms with van der Waals surface area (Å²) in [5.74, 6) is -0.223. The van der Waals surface area contributed by atoms with Gasteiger partial charge in [0.25, 0.3) is 5.91 Å². The quantitative estimate of drug-likeness (QED) is 0.866. The minimum atomic E-state index is -0.180. The van der Waals surface area contributed by atoms with Crippen molar-refractivity contribution >= 4 is 17.5 Å². The molecule has 0 bridgehead atoms. The van der Waals surface area contributed by atoms with E-state index in [9.17, 15) is 9.59 Å². The van der Waals surface area contributed by atoms with E-state index in [1.54, 1.807) is 26.2 Å². The molecule has 5 nitrogen and oxygen atoms in total. The van der Waals surface area contributed by atoms with Gasteiger partial charge in [0.05, 0.1) is 0 Å².